The molecule has 1 N–H and O–H groups in total. The second-order valence-corrected chi connectivity index (χ2v) is 8.27. The van der Waals surface area contributed by atoms with Crippen LogP contribution in [0.25, 0.3) is 10.9 Å². The summed E-state index contributed by atoms with van der Waals surface area (Å²) in [5.74, 6) is 0.547. The van der Waals surface area contributed by atoms with E-state index in [9.17, 15) is 4.79 Å². The van der Waals surface area contributed by atoms with Crippen molar-refractivity contribution in [2.75, 3.05) is 0 Å². The Hall–Kier alpha value is -3.90. The number of fused-ring (bicyclic) bond motifs is 1. The lowest BCUT2D eigenvalue weighted by molar-refractivity contribution is 0.0949. The van der Waals surface area contributed by atoms with Gasteiger partial charge in [-0.2, -0.15) is 0 Å². The SMILES string of the molecule is O=C(NCc1ccco1)c1ccsc1/N=C/c1cn(Cc2ccccc2)c2ccccc12. The van der Waals surface area contributed by atoms with Crippen LogP contribution in [-0.2, 0) is 13.1 Å². The molecule has 0 atom stereocenters. The normalized spacial score (nSPS) is 11.4. The minimum atomic E-state index is -0.165. The lowest BCUT2D eigenvalue weighted by Crippen LogP contribution is -2.22. The van der Waals surface area contributed by atoms with Crippen LogP contribution in [0.3, 0.4) is 0 Å². The molecule has 1 amide bonds. The van der Waals surface area contributed by atoms with Crippen molar-refractivity contribution in [2.45, 2.75) is 13.1 Å². The number of benzene rings is 2. The highest BCUT2D eigenvalue weighted by molar-refractivity contribution is 7.14. The average molecular weight is 440 g/mol. The summed E-state index contributed by atoms with van der Waals surface area (Å²) in [5.41, 5.74) is 3.98. The molecule has 2 aromatic carbocycles. The first-order valence-corrected chi connectivity index (χ1v) is 11.2. The Labute approximate surface area is 189 Å². The third-order valence-electron chi connectivity index (χ3n) is 5.23. The summed E-state index contributed by atoms with van der Waals surface area (Å²) in [7, 11) is 0. The average Bonchev–Trinajstić information content (AvgIpc) is 3.58. The van der Waals surface area contributed by atoms with Crippen molar-refractivity contribution in [3.8, 4) is 0 Å². The highest BCUT2D eigenvalue weighted by Gasteiger charge is 2.13. The van der Waals surface area contributed by atoms with Crippen molar-refractivity contribution in [1.82, 2.24) is 9.88 Å². The van der Waals surface area contributed by atoms with Gasteiger partial charge in [0.25, 0.3) is 5.91 Å². The Bertz CT molecular complexity index is 1360. The zero-order valence-electron chi connectivity index (χ0n) is 17.3. The molecule has 0 bridgehead atoms. The molecule has 3 heterocycles. The summed E-state index contributed by atoms with van der Waals surface area (Å²) >= 11 is 1.45. The number of nitrogens with one attached hydrogen (secondary N) is 1. The van der Waals surface area contributed by atoms with Gasteiger partial charge in [-0.15, -0.1) is 11.3 Å². The van der Waals surface area contributed by atoms with Gasteiger partial charge < -0.3 is 14.3 Å². The third kappa shape index (κ3) is 4.26. The van der Waals surface area contributed by atoms with Crippen LogP contribution < -0.4 is 5.32 Å². The predicted octanol–water partition coefficient (Wildman–Crippen LogP) is 6.02. The zero-order valence-corrected chi connectivity index (χ0v) is 18.1. The third-order valence-corrected chi connectivity index (χ3v) is 6.05. The first-order valence-electron chi connectivity index (χ1n) is 10.3. The maximum Gasteiger partial charge on any atom is 0.254 e. The summed E-state index contributed by atoms with van der Waals surface area (Å²) in [6.45, 7) is 1.13. The number of carbonyl (C=O) groups excluding carboxylic acids is 1. The number of rotatable bonds is 7. The Morgan fingerprint density at radius 2 is 1.88 bits per heavy atom. The van der Waals surface area contributed by atoms with Gasteiger partial charge >= 0.3 is 0 Å². The number of hydrogen-bond acceptors (Lipinski definition) is 4. The molecule has 0 radical (unpaired) electrons. The lowest BCUT2D eigenvalue weighted by atomic mass is 10.2. The van der Waals surface area contributed by atoms with E-state index in [0.717, 1.165) is 23.0 Å². The number of nitrogens with zero attached hydrogens (tertiary/aromatic N) is 2. The number of aliphatic imine (C=N–C) groups is 1. The smallest absolute Gasteiger partial charge is 0.254 e. The molecule has 32 heavy (non-hydrogen) atoms. The second kappa shape index (κ2) is 9.08. The summed E-state index contributed by atoms with van der Waals surface area (Å²) < 4.78 is 7.51. The number of aromatic nitrogens is 1. The fraction of sp³-hybridized carbons (Fsp3) is 0.0769. The molecular weight excluding hydrogens is 418 g/mol. The maximum atomic E-state index is 12.6. The standard InChI is InChI=1S/C26H21N3O2S/c30-25(27-16-21-9-6-13-31-21)23-12-14-32-26(23)28-15-20-18-29(17-19-7-2-1-3-8-19)24-11-5-4-10-22(20)24/h1-15,18H,16-17H2,(H,27,30)/b28-15+. The van der Waals surface area contributed by atoms with Crippen molar-refractivity contribution in [2.24, 2.45) is 4.99 Å². The van der Waals surface area contributed by atoms with Crippen molar-refractivity contribution in [3.63, 3.8) is 0 Å². The van der Waals surface area contributed by atoms with Crippen LogP contribution >= 0.6 is 11.3 Å². The van der Waals surface area contributed by atoms with E-state index in [0.29, 0.717) is 22.9 Å². The topological polar surface area (TPSA) is 59.5 Å². The molecule has 0 aliphatic rings. The van der Waals surface area contributed by atoms with Crippen LogP contribution in [0.15, 0.2) is 100 Å². The summed E-state index contributed by atoms with van der Waals surface area (Å²) in [6, 6.07) is 24.1. The Kier molecular flexibility index (Phi) is 5.68. The van der Waals surface area contributed by atoms with Gasteiger partial charge in [0.15, 0.2) is 0 Å². The van der Waals surface area contributed by atoms with E-state index in [1.165, 1.54) is 16.9 Å². The van der Waals surface area contributed by atoms with Crippen LogP contribution in [0.4, 0.5) is 5.00 Å². The van der Waals surface area contributed by atoms with Crippen LogP contribution in [0.2, 0.25) is 0 Å². The van der Waals surface area contributed by atoms with E-state index < -0.39 is 0 Å². The van der Waals surface area contributed by atoms with Gasteiger partial charge in [-0.3, -0.25) is 4.79 Å². The van der Waals surface area contributed by atoms with Crippen LogP contribution in [0.1, 0.15) is 27.2 Å². The van der Waals surface area contributed by atoms with Crippen molar-refractivity contribution in [3.05, 3.63) is 113 Å². The first kappa shape index (κ1) is 20.0. The number of furan rings is 1. The van der Waals surface area contributed by atoms with Crippen molar-refractivity contribution >= 4 is 39.4 Å². The predicted molar refractivity (Wildman–Crippen MR) is 129 cm³/mol. The first-order chi connectivity index (χ1) is 15.8. The monoisotopic (exact) mass is 439 g/mol. The molecule has 3 aromatic heterocycles. The Morgan fingerprint density at radius 1 is 1.03 bits per heavy atom. The second-order valence-electron chi connectivity index (χ2n) is 7.37. The summed E-state index contributed by atoms with van der Waals surface area (Å²) in [6.07, 6.45) is 5.56. The van der Waals surface area contributed by atoms with Crippen LogP contribution in [0.5, 0.6) is 0 Å². The molecule has 158 valence electrons. The summed E-state index contributed by atoms with van der Waals surface area (Å²) in [4.78, 5) is 17.3. The van der Waals surface area contributed by atoms with Crippen LogP contribution in [-0.4, -0.2) is 16.7 Å². The molecule has 0 saturated carbocycles. The largest absolute Gasteiger partial charge is 0.467 e. The number of carbonyl (C=O) groups is 1. The highest BCUT2D eigenvalue weighted by atomic mass is 32.1. The fourth-order valence-corrected chi connectivity index (χ4v) is 4.40. The van der Waals surface area contributed by atoms with E-state index in [1.54, 1.807) is 18.4 Å². The number of amides is 1. The van der Waals surface area contributed by atoms with E-state index in [4.69, 9.17) is 4.42 Å². The molecule has 0 spiro atoms. The molecule has 5 rings (SSSR count). The van der Waals surface area contributed by atoms with Gasteiger partial charge in [-0.05, 0) is 35.2 Å². The van der Waals surface area contributed by atoms with Gasteiger partial charge in [0.1, 0.15) is 10.8 Å². The van der Waals surface area contributed by atoms with E-state index in [2.05, 4.69) is 57.5 Å². The molecule has 6 heteroatoms. The van der Waals surface area contributed by atoms with E-state index >= 15 is 0 Å². The highest BCUT2D eigenvalue weighted by Crippen LogP contribution is 2.28. The van der Waals surface area contributed by atoms with Gasteiger partial charge in [0.05, 0.1) is 18.4 Å². The molecule has 5 nitrogen and oxygen atoms in total. The number of hydrogen-bond donors (Lipinski definition) is 1. The quantitative estimate of drug-likeness (QED) is 0.315. The van der Waals surface area contributed by atoms with E-state index in [-0.39, 0.29) is 5.91 Å². The Balaban J connectivity index is 1.39. The van der Waals surface area contributed by atoms with Crippen molar-refractivity contribution in [1.29, 1.82) is 0 Å². The van der Waals surface area contributed by atoms with Gasteiger partial charge in [0.2, 0.25) is 0 Å². The zero-order chi connectivity index (χ0) is 21.8. The maximum absolute atomic E-state index is 12.6. The minimum absolute atomic E-state index is 0.165. The molecule has 0 saturated heterocycles. The molecular formula is C26H21N3O2S. The summed E-state index contributed by atoms with van der Waals surface area (Å²) in [5, 5.41) is 6.58. The lowest BCUT2D eigenvalue weighted by Gasteiger charge is -2.05. The van der Waals surface area contributed by atoms with Crippen LogP contribution in [0, 0.1) is 0 Å². The number of thiophene rings is 1. The fourth-order valence-electron chi connectivity index (χ4n) is 3.67. The molecule has 0 unspecified atom stereocenters. The van der Waals surface area contributed by atoms with Gasteiger partial charge in [0, 0.05) is 35.4 Å². The van der Waals surface area contributed by atoms with Gasteiger partial charge in [-0.25, -0.2) is 4.99 Å². The Morgan fingerprint density at radius 3 is 2.72 bits per heavy atom. The molecule has 0 aliphatic carbocycles. The molecule has 0 fully saturated rings. The minimum Gasteiger partial charge on any atom is -0.467 e. The van der Waals surface area contributed by atoms with Crippen molar-refractivity contribution < 1.29 is 9.21 Å². The van der Waals surface area contributed by atoms with Gasteiger partial charge in [-0.1, -0.05) is 48.5 Å². The van der Waals surface area contributed by atoms with E-state index in [1.807, 2.05) is 35.9 Å². The molecule has 0 aliphatic heterocycles. The molecule has 5 aromatic rings. The number of para-hydroxylation sites is 1.